The van der Waals surface area contributed by atoms with Crippen LogP contribution < -0.4 is 4.90 Å². The van der Waals surface area contributed by atoms with E-state index in [-0.39, 0.29) is 22.8 Å². The molecule has 2 N–H and O–H groups in total. The van der Waals surface area contributed by atoms with Crippen LogP contribution in [0.4, 0.5) is 5.69 Å². The number of benzene rings is 2. The van der Waals surface area contributed by atoms with Gasteiger partial charge in [-0.1, -0.05) is 49.4 Å². The fourth-order valence-corrected chi connectivity index (χ4v) is 4.34. The van der Waals surface area contributed by atoms with Gasteiger partial charge >= 0.3 is 0 Å². The zero-order valence-corrected chi connectivity index (χ0v) is 16.5. The minimum Gasteiger partial charge on any atom is -0.507 e. The largest absolute Gasteiger partial charge is 0.507 e. The van der Waals surface area contributed by atoms with Gasteiger partial charge in [0.15, 0.2) is 0 Å². The van der Waals surface area contributed by atoms with Gasteiger partial charge in [0, 0.05) is 10.4 Å². The van der Waals surface area contributed by atoms with Crippen LogP contribution in [0, 0.1) is 0 Å². The predicted octanol–water partition coefficient (Wildman–Crippen LogP) is 4.64. The van der Waals surface area contributed by atoms with Crippen LogP contribution in [0.3, 0.4) is 0 Å². The van der Waals surface area contributed by atoms with Crippen molar-refractivity contribution < 1.29 is 19.8 Å². The van der Waals surface area contributed by atoms with E-state index < -0.39 is 17.7 Å². The average Bonchev–Trinajstić information content (AvgIpc) is 3.35. The molecule has 0 aliphatic carbocycles. The molecule has 0 bridgehead atoms. The molecule has 0 saturated carbocycles. The highest BCUT2D eigenvalue weighted by atomic mass is 32.1. The molecule has 29 heavy (non-hydrogen) atoms. The van der Waals surface area contributed by atoms with Gasteiger partial charge in [-0.3, -0.25) is 14.5 Å². The first-order valence-corrected chi connectivity index (χ1v) is 10.1. The number of phenolic OH excluding ortho intramolecular Hbond substituents is 1. The molecule has 1 amide bonds. The summed E-state index contributed by atoms with van der Waals surface area (Å²) in [5.41, 5.74) is 1.82. The van der Waals surface area contributed by atoms with Crippen molar-refractivity contribution >= 4 is 34.5 Å². The number of aryl methyl sites for hydroxylation is 1. The number of aliphatic hydroxyl groups is 1. The number of aliphatic hydroxyl groups excluding tert-OH is 1. The number of rotatable bonds is 4. The van der Waals surface area contributed by atoms with Gasteiger partial charge in [0.05, 0.1) is 11.3 Å². The number of ketones is 1. The summed E-state index contributed by atoms with van der Waals surface area (Å²) in [7, 11) is 0. The Morgan fingerprint density at radius 1 is 1.03 bits per heavy atom. The summed E-state index contributed by atoms with van der Waals surface area (Å²) < 4.78 is 0. The zero-order valence-electron chi connectivity index (χ0n) is 15.7. The summed E-state index contributed by atoms with van der Waals surface area (Å²) in [6.45, 7) is 2.03. The minimum absolute atomic E-state index is 0.0185. The summed E-state index contributed by atoms with van der Waals surface area (Å²) in [5.74, 6) is -1.88. The number of para-hydroxylation sites is 2. The van der Waals surface area contributed by atoms with E-state index in [1.165, 1.54) is 22.3 Å². The standard InChI is InChI=1S/C23H19NO4S/c1-2-14-9-11-15(12-10-14)21(26)19-20(18-8-5-13-29-18)24(23(28)22(19)27)16-6-3-4-7-17(16)25/h3-13,20,25-26H,2H2,1H3/b21-19-. The predicted molar refractivity (Wildman–Crippen MR) is 113 cm³/mol. The van der Waals surface area contributed by atoms with Crippen LogP contribution >= 0.6 is 11.3 Å². The van der Waals surface area contributed by atoms with E-state index in [4.69, 9.17) is 0 Å². The van der Waals surface area contributed by atoms with E-state index in [0.717, 1.165) is 16.9 Å². The number of hydrogen-bond donors (Lipinski definition) is 2. The Bertz CT molecular complexity index is 1100. The maximum atomic E-state index is 13.0. The van der Waals surface area contributed by atoms with Gasteiger partial charge in [-0.15, -0.1) is 11.3 Å². The number of Topliss-reactive ketones (excluding diaryl/α,β-unsaturated/α-hetero) is 1. The summed E-state index contributed by atoms with van der Waals surface area (Å²) in [5, 5.41) is 23.2. The Balaban J connectivity index is 1.91. The Hall–Kier alpha value is -3.38. The lowest BCUT2D eigenvalue weighted by atomic mass is 9.99. The third-order valence-corrected chi connectivity index (χ3v) is 5.96. The third kappa shape index (κ3) is 3.21. The number of aromatic hydroxyl groups is 1. The Morgan fingerprint density at radius 3 is 2.38 bits per heavy atom. The maximum Gasteiger partial charge on any atom is 0.300 e. The van der Waals surface area contributed by atoms with Crippen molar-refractivity contribution in [3.63, 3.8) is 0 Å². The van der Waals surface area contributed by atoms with E-state index >= 15 is 0 Å². The highest BCUT2D eigenvalue weighted by molar-refractivity contribution is 7.10. The Kier molecular flexibility index (Phi) is 4.94. The van der Waals surface area contributed by atoms with Crippen LogP contribution in [-0.4, -0.2) is 21.9 Å². The molecular weight excluding hydrogens is 386 g/mol. The smallest absolute Gasteiger partial charge is 0.300 e. The number of amides is 1. The van der Waals surface area contributed by atoms with Crippen LogP contribution in [-0.2, 0) is 16.0 Å². The molecule has 0 spiro atoms. The van der Waals surface area contributed by atoms with Crippen LogP contribution in [0.1, 0.15) is 29.0 Å². The van der Waals surface area contributed by atoms with Crippen molar-refractivity contribution in [3.05, 3.63) is 87.6 Å². The number of hydrogen-bond acceptors (Lipinski definition) is 5. The van der Waals surface area contributed by atoms with Gasteiger partial charge in [0.1, 0.15) is 17.6 Å². The number of carbonyl (C=O) groups is 2. The SMILES string of the molecule is CCc1ccc(/C(O)=C2/C(=O)C(=O)N(c3ccccc3O)C2c2cccs2)cc1. The summed E-state index contributed by atoms with van der Waals surface area (Å²) in [6.07, 6.45) is 0.855. The van der Waals surface area contributed by atoms with Crippen molar-refractivity contribution in [2.75, 3.05) is 4.90 Å². The maximum absolute atomic E-state index is 13.0. The first-order chi connectivity index (χ1) is 14.0. The lowest BCUT2D eigenvalue weighted by molar-refractivity contribution is -0.132. The van der Waals surface area contributed by atoms with Crippen molar-refractivity contribution in [1.29, 1.82) is 0 Å². The molecule has 1 saturated heterocycles. The molecular formula is C23H19NO4S. The molecule has 2 aromatic carbocycles. The van der Waals surface area contributed by atoms with Crippen molar-refractivity contribution in [3.8, 4) is 5.75 Å². The topological polar surface area (TPSA) is 77.8 Å². The normalized spacial score (nSPS) is 18.4. The number of phenols is 1. The Morgan fingerprint density at radius 2 is 1.76 bits per heavy atom. The first-order valence-electron chi connectivity index (χ1n) is 9.24. The molecule has 1 aliphatic rings. The molecule has 2 heterocycles. The average molecular weight is 405 g/mol. The monoisotopic (exact) mass is 405 g/mol. The fourth-order valence-electron chi connectivity index (χ4n) is 3.52. The molecule has 1 atom stereocenters. The highest BCUT2D eigenvalue weighted by Gasteiger charge is 2.48. The summed E-state index contributed by atoms with van der Waals surface area (Å²) >= 11 is 1.38. The number of carbonyl (C=O) groups excluding carboxylic acids is 2. The second-order valence-electron chi connectivity index (χ2n) is 6.72. The molecule has 0 radical (unpaired) electrons. The van der Waals surface area contributed by atoms with Gasteiger partial charge in [-0.25, -0.2) is 0 Å². The van der Waals surface area contributed by atoms with Crippen molar-refractivity contribution in [1.82, 2.24) is 0 Å². The van der Waals surface area contributed by atoms with Gasteiger partial charge < -0.3 is 10.2 Å². The summed E-state index contributed by atoms with van der Waals surface area (Å²) in [6, 6.07) is 16.4. The fraction of sp³-hybridized carbons (Fsp3) is 0.130. The molecule has 1 unspecified atom stereocenters. The van der Waals surface area contributed by atoms with Gasteiger partial charge in [-0.05, 0) is 35.6 Å². The van der Waals surface area contributed by atoms with Crippen LogP contribution in [0.15, 0.2) is 71.6 Å². The van der Waals surface area contributed by atoms with E-state index in [1.807, 2.05) is 36.6 Å². The van der Waals surface area contributed by atoms with Crippen LogP contribution in [0.25, 0.3) is 5.76 Å². The number of thiophene rings is 1. The zero-order chi connectivity index (χ0) is 20.5. The molecule has 6 heteroatoms. The second kappa shape index (κ2) is 7.56. The van der Waals surface area contributed by atoms with E-state index in [2.05, 4.69) is 0 Å². The van der Waals surface area contributed by atoms with Crippen LogP contribution in [0.2, 0.25) is 0 Å². The minimum atomic E-state index is -0.811. The summed E-state index contributed by atoms with van der Waals surface area (Å²) in [4.78, 5) is 27.9. The number of anilines is 1. The molecule has 1 aliphatic heterocycles. The quantitative estimate of drug-likeness (QED) is 0.376. The molecule has 4 rings (SSSR count). The van der Waals surface area contributed by atoms with E-state index in [9.17, 15) is 19.8 Å². The molecule has 5 nitrogen and oxygen atoms in total. The lowest BCUT2D eigenvalue weighted by Gasteiger charge is -2.24. The second-order valence-corrected chi connectivity index (χ2v) is 7.70. The highest BCUT2D eigenvalue weighted by Crippen LogP contribution is 2.45. The van der Waals surface area contributed by atoms with Crippen LogP contribution in [0.5, 0.6) is 5.75 Å². The molecule has 1 aromatic heterocycles. The van der Waals surface area contributed by atoms with Gasteiger partial charge in [0.2, 0.25) is 0 Å². The van der Waals surface area contributed by atoms with Gasteiger partial charge in [-0.2, -0.15) is 0 Å². The van der Waals surface area contributed by atoms with Crippen molar-refractivity contribution in [2.24, 2.45) is 0 Å². The molecule has 1 fully saturated rings. The number of nitrogens with zero attached hydrogens (tertiary/aromatic N) is 1. The Labute approximate surface area is 172 Å². The van der Waals surface area contributed by atoms with E-state index in [1.54, 1.807) is 30.3 Å². The van der Waals surface area contributed by atoms with E-state index in [0.29, 0.717) is 5.56 Å². The third-order valence-electron chi connectivity index (χ3n) is 5.03. The molecule has 146 valence electrons. The molecule has 3 aromatic rings. The lowest BCUT2D eigenvalue weighted by Crippen LogP contribution is -2.29. The first kappa shape index (κ1) is 19.0. The van der Waals surface area contributed by atoms with Gasteiger partial charge in [0.25, 0.3) is 11.7 Å². The van der Waals surface area contributed by atoms with Crippen molar-refractivity contribution in [2.45, 2.75) is 19.4 Å².